The van der Waals surface area contributed by atoms with Gasteiger partial charge in [-0.15, -0.1) is 0 Å². The Bertz CT molecular complexity index is 258. The first-order valence-corrected chi connectivity index (χ1v) is 5.36. The molecule has 0 radical (unpaired) electrons. The minimum atomic E-state index is -3.24. The number of alkyl halides is 1. The maximum Gasteiger partial charge on any atom is 0.306 e. The highest BCUT2D eigenvalue weighted by Gasteiger charge is 2.24. The SMILES string of the molecule is CS(=O)(=O)C1=NC[C@@H](Br)O1. The summed E-state index contributed by atoms with van der Waals surface area (Å²) in [6, 6.07) is 0. The summed E-state index contributed by atoms with van der Waals surface area (Å²) in [5.74, 6) is 0. The Hall–Kier alpha value is -0.100. The number of aliphatic imine (C=N–C) groups is 1. The topological polar surface area (TPSA) is 55.7 Å². The van der Waals surface area contributed by atoms with Crippen molar-refractivity contribution in [2.45, 2.75) is 5.01 Å². The van der Waals surface area contributed by atoms with Crippen molar-refractivity contribution in [1.29, 1.82) is 0 Å². The van der Waals surface area contributed by atoms with E-state index in [0.29, 0.717) is 6.54 Å². The molecule has 1 aliphatic rings. The second-order valence-corrected chi connectivity index (χ2v) is 4.82. The second kappa shape index (κ2) is 2.50. The number of hydrogen-bond donors (Lipinski definition) is 0. The second-order valence-electron chi connectivity index (χ2n) is 1.91. The third-order valence-electron chi connectivity index (χ3n) is 0.910. The van der Waals surface area contributed by atoms with Crippen LogP contribution >= 0.6 is 15.9 Å². The lowest BCUT2D eigenvalue weighted by atomic mass is 10.8. The first-order valence-electron chi connectivity index (χ1n) is 2.55. The lowest BCUT2D eigenvalue weighted by Crippen LogP contribution is -2.14. The van der Waals surface area contributed by atoms with Crippen molar-refractivity contribution in [3.8, 4) is 0 Å². The number of sulfone groups is 1. The number of halogens is 1. The van der Waals surface area contributed by atoms with Crippen molar-refractivity contribution < 1.29 is 13.2 Å². The molecule has 0 spiro atoms. The molecule has 1 aliphatic heterocycles. The zero-order chi connectivity index (χ0) is 7.78. The van der Waals surface area contributed by atoms with E-state index in [1.807, 2.05) is 0 Å². The van der Waals surface area contributed by atoms with Crippen LogP contribution in [0.15, 0.2) is 4.99 Å². The predicted octanol–water partition coefficient (Wildman–Crippen LogP) is 0.138. The fraction of sp³-hybridized carbons (Fsp3) is 0.750. The van der Waals surface area contributed by atoms with Crippen LogP contribution in [0.5, 0.6) is 0 Å². The van der Waals surface area contributed by atoms with Crippen molar-refractivity contribution in [2.24, 2.45) is 4.99 Å². The van der Waals surface area contributed by atoms with E-state index >= 15 is 0 Å². The molecule has 0 N–H and O–H groups in total. The summed E-state index contributed by atoms with van der Waals surface area (Å²) >= 11 is 3.07. The summed E-state index contributed by atoms with van der Waals surface area (Å²) in [5, 5.41) is -0.452. The molecule has 0 unspecified atom stereocenters. The van der Waals surface area contributed by atoms with Crippen molar-refractivity contribution in [3.63, 3.8) is 0 Å². The summed E-state index contributed by atoms with van der Waals surface area (Å²) in [4.78, 5) is 3.65. The van der Waals surface area contributed by atoms with Crippen LogP contribution < -0.4 is 0 Å². The molecule has 0 aromatic heterocycles. The van der Waals surface area contributed by atoms with E-state index in [0.717, 1.165) is 6.26 Å². The third kappa shape index (κ3) is 1.69. The summed E-state index contributed by atoms with van der Waals surface area (Å²) in [6.45, 7) is 0.363. The van der Waals surface area contributed by atoms with Gasteiger partial charge in [0.15, 0.2) is 5.01 Å². The van der Waals surface area contributed by atoms with Crippen LogP contribution in [0.1, 0.15) is 0 Å². The van der Waals surface area contributed by atoms with Gasteiger partial charge in [0, 0.05) is 6.26 Å². The molecule has 58 valence electrons. The molecule has 0 saturated carbocycles. The van der Waals surface area contributed by atoms with E-state index in [1.54, 1.807) is 0 Å². The molecule has 4 nitrogen and oxygen atoms in total. The average molecular weight is 228 g/mol. The van der Waals surface area contributed by atoms with Gasteiger partial charge in [-0.1, -0.05) is 0 Å². The zero-order valence-corrected chi connectivity index (χ0v) is 7.65. The van der Waals surface area contributed by atoms with E-state index in [4.69, 9.17) is 4.74 Å². The average Bonchev–Trinajstić information content (AvgIpc) is 2.11. The highest BCUT2D eigenvalue weighted by Crippen LogP contribution is 2.12. The number of hydrogen-bond acceptors (Lipinski definition) is 4. The number of rotatable bonds is 0. The predicted molar refractivity (Wildman–Crippen MR) is 40.9 cm³/mol. The quantitative estimate of drug-likeness (QED) is 0.554. The molecular formula is C4H6BrNO3S. The Morgan fingerprint density at radius 3 is 2.60 bits per heavy atom. The Labute approximate surface area is 67.3 Å². The van der Waals surface area contributed by atoms with E-state index in [1.165, 1.54) is 0 Å². The molecule has 0 aromatic carbocycles. The first-order chi connectivity index (χ1) is 4.50. The van der Waals surface area contributed by atoms with Gasteiger partial charge < -0.3 is 4.74 Å². The van der Waals surface area contributed by atoms with Crippen LogP contribution in [-0.2, 0) is 14.6 Å². The Balaban J connectivity index is 2.80. The molecule has 0 bridgehead atoms. The largest absolute Gasteiger partial charge is 0.453 e. The van der Waals surface area contributed by atoms with Gasteiger partial charge in [0.1, 0.15) is 0 Å². The first kappa shape index (κ1) is 8.00. The summed E-state index contributed by atoms with van der Waals surface area (Å²) in [7, 11) is -3.24. The molecule has 0 amide bonds. The lowest BCUT2D eigenvalue weighted by Gasteiger charge is -2.00. The van der Waals surface area contributed by atoms with E-state index in [-0.39, 0.29) is 10.2 Å². The van der Waals surface area contributed by atoms with Crippen molar-refractivity contribution in [2.75, 3.05) is 12.8 Å². The number of ether oxygens (including phenoxy) is 1. The van der Waals surface area contributed by atoms with E-state index in [9.17, 15) is 8.42 Å². The van der Waals surface area contributed by atoms with E-state index < -0.39 is 9.84 Å². The Morgan fingerprint density at radius 1 is 1.80 bits per heavy atom. The normalized spacial score (nSPS) is 25.8. The van der Waals surface area contributed by atoms with Crippen LogP contribution in [0.25, 0.3) is 0 Å². The standard InChI is InChI=1S/C4H6BrNO3S/c1-10(7,8)4-6-2-3(5)9-4/h3H,2H2,1H3/t3-/m0/s1. The van der Waals surface area contributed by atoms with Crippen molar-refractivity contribution >= 4 is 31.0 Å². The van der Waals surface area contributed by atoms with Crippen LogP contribution in [0.4, 0.5) is 0 Å². The highest BCUT2D eigenvalue weighted by molar-refractivity contribution is 9.09. The van der Waals surface area contributed by atoms with Crippen LogP contribution in [-0.4, -0.2) is 31.5 Å². The van der Waals surface area contributed by atoms with Crippen LogP contribution in [0.2, 0.25) is 0 Å². The molecule has 10 heavy (non-hydrogen) atoms. The van der Waals surface area contributed by atoms with Crippen molar-refractivity contribution in [3.05, 3.63) is 0 Å². The van der Waals surface area contributed by atoms with Gasteiger partial charge in [-0.25, -0.2) is 13.4 Å². The number of nitrogens with zero attached hydrogens (tertiary/aromatic N) is 1. The molecule has 0 fully saturated rings. The molecule has 1 heterocycles. The smallest absolute Gasteiger partial charge is 0.306 e. The maximum atomic E-state index is 10.7. The summed E-state index contributed by atoms with van der Waals surface area (Å²) in [6.07, 6.45) is 1.07. The molecule has 0 saturated heterocycles. The van der Waals surface area contributed by atoms with Crippen molar-refractivity contribution in [1.82, 2.24) is 0 Å². The Morgan fingerprint density at radius 2 is 2.40 bits per heavy atom. The molecular weight excluding hydrogens is 222 g/mol. The van der Waals surface area contributed by atoms with Gasteiger partial charge >= 0.3 is 5.23 Å². The Kier molecular flexibility index (Phi) is 2.00. The summed E-state index contributed by atoms with van der Waals surface area (Å²) in [5.41, 5.74) is 0. The van der Waals surface area contributed by atoms with E-state index in [2.05, 4.69) is 20.9 Å². The highest BCUT2D eigenvalue weighted by atomic mass is 79.9. The van der Waals surface area contributed by atoms with Crippen LogP contribution in [0.3, 0.4) is 0 Å². The maximum absolute atomic E-state index is 10.7. The molecule has 0 aromatic rings. The monoisotopic (exact) mass is 227 g/mol. The fourth-order valence-electron chi connectivity index (χ4n) is 0.535. The van der Waals surface area contributed by atoms with Gasteiger partial charge in [-0.05, 0) is 15.9 Å². The lowest BCUT2D eigenvalue weighted by molar-refractivity contribution is 0.326. The molecule has 0 aliphatic carbocycles. The minimum Gasteiger partial charge on any atom is -0.453 e. The zero-order valence-electron chi connectivity index (χ0n) is 5.24. The molecule has 1 rings (SSSR count). The summed E-state index contributed by atoms with van der Waals surface area (Å²) < 4.78 is 26.2. The van der Waals surface area contributed by atoms with Gasteiger partial charge in [-0.3, -0.25) is 0 Å². The minimum absolute atomic E-state index is 0.172. The van der Waals surface area contributed by atoms with Gasteiger partial charge in [0.05, 0.1) is 6.54 Å². The van der Waals surface area contributed by atoms with Gasteiger partial charge in [-0.2, -0.15) is 0 Å². The van der Waals surface area contributed by atoms with Crippen LogP contribution in [0, 0.1) is 0 Å². The molecule has 6 heteroatoms. The fourth-order valence-corrected chi connectivity index (χ4v) is 1.58. The third-order valence-corrected chi connectivity index (χ3v) is 2.25. The van der Waals surface area contributed by atoms with Gasteiger partial charge in [0.2, 0.25) is 9.84 Å². The molecule has 1 atom stereocenters. The van der Waals surface area contributed by atoms with Gasteiger partial charge in [0.25, 0.3) is 0 Å².